The molecule has 0 bridgehead atoms. The fraction of sp³-hybridized carbons (Fsp3) is 0.929. The predicted octanol–water partition coefficient (Wildman–Crippen LogP) is 4.37. The Bertz CT molecular complexity index is 210. The highest BCUT2D eigenvalue weighted by Crippen LogP contribution is 2.20. The van der Waals surface area contributed by atoms with Crippen LogP contribution in [-0.4, -0.2) is 29.8 Å². The number of ether oxygens (including phenoxy) is 1. The van der Waals surface area contributed by atoms with E-state index in [0.717, 1.165) is 37.9 Å². The first-order valence-electron chi connectivity index (χ1n) is 6.99. The summed E-state index contributed by atoms with van der Waals surface area (Å²) in [6.45, 7) is 5.62. The molecule has 0 aliphatic carbocycles. The lowest BCUT2D eigenvalue weighted by Gasteiger charge is -2.16. The summed E-state index contributed by atoms with van der Waals surface area (Å²) in [7, 11) is 0. The van der Waals surface area contributed by atoms with Crippen LogP contribution >= 0.6 is 11.8 Å². The van der Waals surface area contributed by atoms with E-state index in [-0.39, 0.29) is 24.0 Å². The van der Waals surface area contributed by atoms with E-state index in [1.807, 2.05) is 13.8 Å². The highest BCUT2D eigenvalue weighted by molar-refractivity contribution is 8.00. The van der Waals surface area contributed by atoms with Gasteiger partial charge in [0.05, 0.1) is 12.8 Å². The number of alkyl halides is 1. The Morgan fingerprint density at radius 1 is 1.22 bits per heavy atom. The van der Waals surface area contributed by atoms with Gasteiger partial charge in [-0.1, -0.05) is 26.2 Å². The van der Waals surface area contributed by atoms with Crippen LogP contribution in [0.2, 0.25) is 0 Å². The third-order valence-electron chi connectivity index (χ3n) is 2.51. The van der Waals surface area contributed by atoms with Crippen molar-refractivity contribution >= 4 is 17.7 Å². The van der Waals surface area contributed by atoms with Crippen molar-refractivity contribution in [2.45, 2.75) is 70.7 Å². The Labute approximate surface area is 115 Å². The van der Waals surface area contributed by atoms with E-state index in [0.29, 0.717) is 6.42 Å². The van der Waals surface area contributed by atoms with E-state index in [1.165, 1.54) is 0 Å². The van der Waals surface area contributed by atoms with Crippen molar-refractivity contribution in [1.82, 2.24) is 0 Å². The van der Waals surface area contributed by atoms with Gasteiger partial charge in [0.1, 0.15) is 5.25 Å². The molecule has 18 heavy (non-hydrogen) atoms. The second kappa shape index (κ2) is 11.8. The Hall–Kier alpha value is -0.250. The van der Waals surface area contributed by atoms with Crippen LogP contribution in [0.25, 0.3) is 0 Å². The summed E-state index contributed by atoms with van der Waals surface area (Å²) in [6.07, 6.45) is 5.55. The Morgan fingerprint density at radius 2 is 1.89 bits per heavy atom. The van der Waals surface area contributed by atoms with Gasteiger partial charge in [-0.05, 0) is 38.9 Å². The molecular formula is C14H27FO2S. The molecule has 0 saturated carbocycles. The Balaban J connectivity index is 3.78. The van der Waals surface area contributed by atoms with E-state index in [4.69, 9.17) is 4.74 Å². The normalized spacial score (nSPS) is 12.7. The van der Waals surface area contributed by atoms with E-state index in [9.17, 15) is 9.18 Å². The summed E-state index contributed by atoms with van der Waals surface area (Å²) < 4.78 is 17.1. The molecule has 0 aliphatic heterocycles. The summed E-state index contributed by atoms with van der Waals surface area (Å²) in [5.74, 6) is 0.880. The molecule has 0 rings (SSSR count). The lowest BCUT2D eigenvalue weighted by molar-refractivity contribution is -0.146. The smallest absolute Gasteiger partial charge is 0.319 e. The SMILES string of the molecule is CCCC(SCCCCCCF)C(=O)OC(C)C. The van der Waals surface area contributed by atoms with Gasteiger partial charge in [-0.2, -0.15) is 0 Å². The largest absolute Gasteiger partial charge is 0.462 e. The van der Waals surface area contributed by atoms with Crippen LogP contribution < -0.4 is 0 Å². The van der Waals surface area contributed by atoms with Crippen LogP contribution in [0, 0.1) is 0 Å². The summed E-state index contributed by atoms with van der Waals surface area (Å²) in [5.41, 5.74) is 0. The molecule has 4 heteroatoms. The number of carbonyl (C=O) groups excluding carboxylic acids is 1. The van der Waals surface area contributed by atoms with Gasteiger partial charge in [0.25, 0.3) is 0 Å². The van der Waals surface area contributed by atoms with Gasteiger partial charge >= 0.3 is 5.97 Å². The molecular weight excluding hydrogens is 251 g/mol. The minimum Gasteiger partial charge on any atom is -0.462 e. The molecule has 0 N–H and O–H groups in total. The first kappa shape index (κ1) is 17.8. The third-order valence-corrected chi connectivity index (χ3v) is 3.87. The fourth-order valence-corrected chi connectivity index (χ4v) is 2.86. The van der Waals surface area contributed by atoms with Gasteiger partial charge < -0.3 is 4.74 Å². The Kier molecular flexibility index (Phi) is 11.7. The molecule has 108 valence electrons. The number of thioether (sulfide) groups is 1. The van der Waals surface area contributed by atoms with Gasteiger partial charge in [-0.15, -0.1) is 11.8 Å². The molecule has 0 fully saturated rings. The number of hydrogen-bond acceptors (Lipinski definition) is 3. The number of carbonyl (C=O) groups is 1. The van der Waals surface area contributed by atoms with Crippen molar-refractivity contribution in [2.24, 2.45) is 0 Å². The van der Waals surface area contributed by atoms with Crippen LogP contribution in [0.4, 0.5) is 4.39 Å². The standard InChI is InChI=1S/C14H27FO2S/c1-4-9-13(14(16)17-12(2)3)18-11-8-6-5-7-10-15/h12-13H,4-11H2,1-3H3. The summed E-state index contributed by atoms with van der Waals surface area (Å²) in [4.78, 5) is 11.8. The molecule has 0 aromatic heterocycles. The van der Waals surface area contributed by atoms with Crippen LogP contribution in [0.5, 0.6) is 0 Å². The summed E-state index contributed by atoms with van der Waals surface area (Å²) >= 11 is 1.69. The van der Waals surface area contributed by atoms with Crippen molar-refractivity contribution in [2.75, 3.05) is 12.4 Å². The molecule has 0 aromatic rings. The first-order chi connectivity index (χ1) is 8.61. The topological polar surface area (TPSA) is 26.3 Å². The summed E-state index contributed by atoms with van der Waals surface area (Å²) in [6, 6.07) is 0. The predicted molar refractivity (Wildman–Crippen MR) is 76.8 cm³/mol. The molecule has 0 heterocycles. The van der Waals surface area contributed by atoms with Crippen LogP contribution in [0.15, 0.2) is 0 Å². The monoisotopic (exact) mass is 278 g/mol. The molecule has 0 radical (unpaired) electrons. The molecule has 0 saturated heterocycles. The van der Waals surface area contributed by atoms with Gasteiger partial charge in [0.2, 0.25) is 0 Å². The molecule has 0 aromatic carbocycles. The number of esters is 1. The van der Waals surface area contributed by atoms with Gasteiger partial charge in [0.15, 0.2) is 0 Å². The zero-order valence-electron chi connectivity index (χ0n) is 11.9. The molecule has 2 nitrogen and oxygen atoms in total. The zero-order chi connectivity index (χ0) is 13.8. The van der Waals surface area contributed by atoms with E-state index in [1.54, 1.807) is 11.8 Å². The molecule has 1 unspecified atom stereocenters. The van der Waals surface area contributed by atoms with E-state index < -0.39 is 0 Å². The van der Waals surface area contributed by atoms with Crippen molar-refractivity contribution in [3.63, 3.8) is 0 Å². The molecule has 0 spiro atoms. The average Bonchev–Trinajstić information content (AvgIpc) is 2.31. The Morgan fingerprint density at radius 3 is 2.44 bits per heavy atom. The van der Waals surface area contributed by atoms with Crippen molar-refractivity contribution in [3.8, 4) is 0 Å². The maximum absolute atomic E-state index is 11.9. The third kappa shape index (κ3) is 9.75. The van der Waals surface area contributed by atoms with Crippen molar-refractivity contribution < 1.29 is 13.9 Å². The molecule has 0 amide bonds. The van der Waals surface area contributed by atoms with Gasteiger partial charge in [-0.25, -0.2) is 0 Å². The number of rotatable bonds is 11. The van der Waals surface area contributed by atoms with E-state index >= 15 is 0 Å². The van der Waals surface area contributed by atoms with Crippen molar-refractivity contribution in [1.29, 1.82) is 0 Å². The lowest BCUT2D eigenvalue weighted by atomic mass is 10.2. The average molecular weight is 278 g/mol. The second-order valence-electron chi connectivity index (χ2n) is 4.74. The molecule has 0 aliphatic rings. The number of halogens is 1. The summed E-state index contributed by atoms with van der Waals surface area (Å²) in [5, 5.41) is -0.0291. The first-order valence-corrected chi connectivity index (χ1v) is 8.04. The van der Waals surface area contributed by atoms with Gasteiger partial charge in [-0.3, -0.25) is 9.18 Å². The minimum atomic E-state index is -0.216. The van der Waals surface area contributed by atoms with Crippen molar-refractivity contribution in [3.05, 3.63) is 0 Å². The van der Waals surface area contributed by atoms with Crippen LogP contribution in [0.1, 0.15) is 59.3 Å². The molecule has 1 atom stereocenters. The fourth-order valence-electron chi connectivity index (χ4n) is 1.62. The second-order valence-corrected chi connectivity index (χ2v) is 6.05. The number of unbranched alkanes of at least 4 members (excludes halogenated alkanes) is 3. The van der Waals surface area contributed by atoms with Crippen LogP contribution in [0.3, 0.4) is 0 Å². The lowest BCUT2D eigenvalue weighted by Crippen LogP contribution is -2.23. The minimum absolute atomic E-state index is 0.0291. The number of hydrogen-bond donors (Lipinski definition) is 0. The zero-order valence-corrected chi connectivity index (χ0v) is 12.7. The van der Waals surface area contributed by atoms with Crippen LogP contribution in [-0.2, 0) is 9.53 Å². The highest BCUT2D eigenvalue weighted by atomic mass is 32.2. The maximum Gasteiger partial charge on any atom is 0.319 e. The highest BCUT2D eigenvalue weighted by Gasteiger charge is 2.20. The van der Waals surface area contributed by atoms with Gasteiger partial charge in [0, 0.05) is 0 Å². The quantitative estimate of drug-likeness (QED) is 0.415. The van der Waals surface area contributed by atoms with E-state index in [2.05, 4.69) is 6.92 Å². The maximum atomic E-state index is 11.9.